The number of carboxylic acid groups (broad SMARTS) is 1. The minimum Gasteiger partial charge on any atom is -0.477 e. The normalized spacial score (nSPS) is 12.8. The second-order valence-electron chi connectivity index (χ2n) is 2.30. The molecule has 0 aliphatic carbocycles. The molecule has 12 heavy (non-hydrogen) atoms. The molecule has 1 atom stereocenters. The molecule has 1 aromatic rings. The lowest BCUT2D eigenvalue weighted by molar-refractivity contribution is 0.0700. The molecule has 0 saturated carbocycles. The summed E-state index contributed by atoms with van der Waals surface area (Å²) >= 11 is 1.11. The van der Waals surface area contributed by atoms with Gasteiger partial charge in [0.1, 0.15) is 4.88 Å². The highest BCUT2D eigenvalue weighted by molar-refractivity contribution is 7.12. The van der Waals surface area contributed by atoms with Crippen molar-refractivity contribution in [1.29, 1.82) is 0 Å². The summed E-state index contributed by atoms with van der Waals surface area (Å²) in [6.45, 7) is -0.239. The molecule has 4 nitrogen and oxygen atoms in total. The van der Waals surface area contributed by atoms with Gasteiger partial charge in [0, 0.05) is 0 Å². The first kappa shape index (κ1) is 9.18. The topological polar surface area (TPSA) is 83.5 Å². The first-order valence-corrected chi connectivity index (χ1v) is 4.22. The van der Waals surface area contributed by atoms with Gasteiger partial charge in [-0.05, 0) is 17.0 Å². The average molecular weight is 187 g/mol. The Labute approximate surface area is 73.3 Å². The number of thiophene rings is 1. The van der Waals surface area contributed by atoms with Crippen molar-refractivity contribution < 1.29 is 15.0 Å². The molecule has 1 rings (SSSR count). The molecular weight excluding hydrogens is 178 g/mol. The van der Waals surface area contributed by atoms with Gasteiger partial charge in [-0.1, -0.05) is 0 Å². The molecule has 0 aromatic carbocycles. The second kappa shape index (κ2) is 3.66. The lowest BCUT2D eigenvalue weighted by Crippen LogP contribution is -2.16. The zero-order valence-corrected chi connectivity index (χ0v) is 7.04. The van der Waals surface area contributed by atoms with Gasteiger partial charge < -0.3 is 15.9 Å². The van der Waals surface area contributed by atoms with E-state index in [0.717, 1.165) is 11.3 Å². The van der Waals surface area contributed by atoms with Crippen LogP contribution in [0.2, 0.25) is 0 Å². The molecule has 0 fully saturated rings. The van der Waals surface area contributed by atoms with Crippen LogP contribution in [0.3, 0.4) is 0 Å². The highest BCUT2D eigenvalue weighted by atomic mass is 32.1. The van der Waals surface area contributed by atoms with Gasteiger partial charge in [-0.15, -0.1) is 11.3 Å². The largest absolute Gasteiger partial charge is 0.477 e. The molecular formula is C7H9NO3S. The van der Waals surface area contributed by atoms with Crippen molar-refractivity contribution >= 4 is 17.3 Å². The van der Waals surface area contributed by atoms with Gasteiger partial charge in [0.2, 0.25) is 0 Å². The Morgan fingerprint density at radius 3 is 2.92 bits per heavy atom. The summed E-state index contributed by atoms with van der Waals surface area (Å²) in [5.74, 6) is -0.996. The van der Waals surface area contributed by atoms with E-state index in [9.17, 15) is 4.79 Å². The third kappa shape index (κ3) is 1.63. The summed E-state index contributed by atoms with van der Waals surface area (Å²) < 4.78 is 0. The van der Waals surface area contributed by atoms with Crippen molar-refractivity contribution in [2.75, 3.05) is 6.61 Å². The highest BCUT2D eigenvalue weighted by Crippen LogP contribution is 2.21. The number of aliphatic hydroxyl groups excluding tert-OH is 1. The minimum atomic E-state index is -0.996. The fourth-order valence-corrected chi connectivity index (χ4v) is 1.69. The highest BCUT2D eigenvalue weighted by Gasteiger charge is 2.16. The van der Waals surface area contributed by atoms with E-state index < -0.39 is 12.0 Å². The summed E-state index contributed by atoms with van der Waals surface area (Å²) in [7, 11) is 0. The van der Waals surface area contributed by atoms with Crippen LogP contribution in [-0.4, -0.2) is 22.8 Å². The zero-order chi connectivity index (χ0) is 9.14. The Hall–Kier alpha value is -0.910. The van der Waals surface area contributed by atoms with Crippen LogP contribution in [0.15, 0.2) is 11.4 Å². The number of carbonyl (C=O) groups is 1. The lowest BCUT2D eigenvalue weighted by Gasteiger charge is -2.06. The van der Waals surface area contributed by atoms with Crippen molar-refractivity contribution in [2.24, 2.45) is 5.73 Å². The number of aliphatic hydroxyl groups is 1. The molecule has 0 spiro atoms. The molecule has 0 aliphatic heterocycles. The third-order valence-corrected chi connectivity index (χ3v) is 2.40. The third-order valence-electron chi connectivity index (χ3n) is 1.49. The minimum absolute atomic E-state index is 0.205. The Morgan fingerprint density at radius 2 is 2.42 bits per heavy atom. The maximum atomic E-state index is 10.6. The number of aromatic carboxylic acids is 1. The first-order valence-electron chi connectivity index (χ1n) is 3.34. The molecule has 5 heteroatoms. The molecule has 0 bridgehead atoms. The van der Waals surface area contributed by atoms with Crippen LogP contribution in [0.1, 0.15) is 21.3 Å². The summed E-state index contributed by atoms with van der Waals surface area (Å²) in [5, 5.41) is 19.0. The van der Waals surface area contributed by atoms with E-state index in [2.05, 4.69) is 0 Å². The van der Waals surface area contributed by atoms with Gasteiger partial charge in [0.05, 0.1) is 12.6 Å². The number of hydrogen-bond donors (Lipinski definition) is 3. The van der Waals surface area contributed by atoms with Gasteiger partial charge >= 0.3 is 5.97 Å². The molecule has 0 aliphatic rings. The Morgan fingerprint density at radius 1 is 1.75 bits per heavy atom. The van der Waals surface area contributed by atoms with Gasteiger partial charge in [-0.3, -0.25) is 0 Å². The predicted molar refractivity (Wildman–Crippen MR) is 45.3 cm³/mol. The van der Waals surface area contributed by atoms with E-state index in [4.69, 9.17) is 15.9 Å². The summed E-state index contributed by atoms with van der Waals surface area (Å²) in [5.41, 5.74) is 5.97. The van der Waals surface area contributed by atoms with Crippen molar-refractivity contribution in [3.05, 3.63) is 21.9 Å². The maximum absolute atomic E-state index is 10.6. The van der Waals surface area contributed by atoms with Crippen LogP contribution < -0.4 is 5.73 Å². The molecule has 0 amide bonds. The number of hydrogen-bond acceptors (Lipinski definition) is 4. The van der Waals surface area contributed by atoms with Gasteiger partial charge in [-0.25, -0.2) is 4.79 Å². The molecule has 66 valence electrons. The van der Waals surface area contributed by atoms with Crippen LogP contribution in [-0.2, 0) is 0 Å². The maximum Gasteiger partial charge on any atom is 0.346 e. The van der Waals surface area contributed by atoms with Gasteiger partial charge in [-0.2, -0.15) is 0 Å². The predicted octanol–water partition coefficient (Wildman–Crippen LogP) is 0.438. The number of carboxylic acids is 1. The van der Waals surface area contributed by atoms with E-state index in [0.29, 0.717) is 5.56 Å². The molecule has 1 heterocycles. The summed E-state index contributed by atoms with van der Waals surface area (Å²) in [4.78, 5) is 10.8. The van der Waals surface area contributed by atoms with E-state index in [-0.39, 0.29) is 11.5 Å². The fourth-order valence-electron chi connectivity index (χ4n) is 0.883. The molecule has 1 aromatic heterocycles. The average Bonchev–Trinajstić information content (AvgIpc) is 2.50. The van der Waals surface area contributed by atoms with E-state index in [1.165, 1.54) is 0 Å². The smallest absolute Gasteiger partial charge is 0.346 e. The first-order chi connectivity index (χ1) is 5.66. The van der Waals surface area contributed by atoms with E-state index in [1.807, 2.05) is 0 Å². The van der Waals surface area contributed by atoms with Crippen LogP contribution >= 0.6 is 11.3 Å². The van der Waals surface area contributed by atoms with Crippen molar-refractivity contribution in [3.8, 4) is 0 Å². The molecule has 0 saturated heterocycles. The van der Waals surface area contributed by atoms with Crippen molar-refractivity contribution in [2.45, 2.75) is 6.04 Å². The van der Waals surface area contributed by atoms with Crippen LogP contribution in [0, 0.1) is 0 Å². The SMILES string of the molecule is N[C@H](CO)c1ccsc1C(=O)O. The Kier molecular flexibility index (Phi) is 2.80. The summed E-state index contributed by atoms with van der Waals surface area (Å²) in [6.07, 6.45) is 0. The van der Waals surface area contributed by atoms with Gasteiger partial charge in [0.25, 0.3) is 0 Å². The zero-order valence-electron chi connectivity index (χ0n) is 6.23. The van der Waals surface area contributed by atoms with E-state index in [1.54, 1.807) is 11.4 Å². The quantitative estimate of drug-likeness (QED) is 0.641. The lowest BCUT2D eigenvalue weighted by atomic mass is 10.1. The Bertz CT molecular complexity index is 284. The molecule has 0 unspecified atom stereocenters. The standard InChI is InChI=1S/C7H9NO3S/c8-5(3-9)4-1-2-12-6(4)7(10)11/h1-2,5,9H,3,8H2,(H,10,11)/t5-/m1/s1. The number of rotatable bonds is 3. The van der Waals surface area contributed by atoms with Gasteiger partial charge in [0.15, 0.2) is 0 Å². The summed E-state index contributed by atoms with van der Waals surface area (Å²) in [6, 6.07) is 1.02. The van der Waals surface area contributed by atoms with Crippen molar-refractivity contribution in [1.82, 2.24) is 0 Å². The van der Waals surface area contributed by atoms with Crippen LogP contribution in [0.25, 0.3) is 0 Å². The Balaban J connectivity index is 2.98. The van der Waals surface area contributed by atoms with Crippen LogP contribution in [0.4, 0.5) is 0 Å². The van der Waals surface area contributed by atoms with Crippen LogP contribution in [0.5, 0.6) is 0 Å². The van der Waals surface area contributed by atoms with Crippen molar-refractivity contribution in [3.63, 3.8) is 0 Å². The second-order valence-corrected chi connectivity index (χ2v) is 3.22. The fraction of sp³-hybridized carbons (Fsp3) is 0.286. The van der Waals surface area contributed by atoms with E-state index >= 15 is 0 Å². The number of nitrogens with two attached hydrogens (primary N) is 1. The molecule has 0 radical (unpaired) electrons. The molecule has 4 N–H and O–H groups in total. The monoisotopic (exact) mass is 187 g/mol.